The molecule has 0 heterocycles. The molecule has 0 saturated carbocycles. The van der Waals surface area contributed by atoms with Crippen molar-refractivity contribution >= 4 is 17.9 Å². The maximum Gasteiger partial charge on any atom is 0.306 e. The van der Waals surface area contributed by atoms with Crippen LogP contribution in [-0.4, -0.2) is 37.2 Å². The summed E-state index contributed by atoms with van der Waals surface area (Å²) in [5.74, 6) is -0.862. The van der Waals surface area contributed by atoms with E-state index in [0.717, 1.165) is 96.3 Å². The second-order valence-electron chi connectivity index (χ2n) is 22.7. The Hall–Kier alpha value is -3.15. The van der Waals surface area contributed by atoms with Crippen LogP contribution in [0.25, 0.3) is 0 Å². The highest BCUT2D eigenvalue weighted by molar-refractivity contribution is 5.71. The van der Waals surface area contributed by atoms with Crippen molar-refractivity contribution in [1.29, 1.82) is 0 Å². The van der Waals surface area contributed by atoms with Crippen molar-refractivity contribution in [3.8, 4) is 0 Å². The zero-order chi connectivity index (χ0) is 56.4. The highest BCUT2D eigenvalue weighted by Crippen LogP contribution is 2.17. The molecule has 0 amide bonds. The standard InChI is InChI=1S/C72H128O6/c1-4-7-10-13-16-19-22-25-28-29-30-31-32-33-34-35-36-37-38-39-40-41-42-43-45-47-50-53-56-59-62-65-71(74)77-68-69(67-76-70(73)64-61-58-55-52-49-46-27-24-21-18-15-12-9-6-3)78-72(75)66-63-60-57-54-51-48-44-26-23-20-17-14-11-8-5-2/h7,10,16,19,25-26,28,30-31,33-34,44,69H,4-6,8-9,11-15,17-18,20-24,27,29,32,35-43,45-68H2,1-3H3/b10-7-,19-16-,28-25-,31-30-,34-33-,44-26-. The smallest absolute Gasteiger partial charge is 0.306 e. The van der Waals surface area contributed by atoms with Crippen LogP contribution in [0.4, 0.5) is 0 Å². The minimum atomic E-state index is -0.777. The van der Waals surface area contributed by atoms with Gasteiger partial charge in [0.05, 0.1) is 0 Å². The van der Waals surface area contributed by atoms with E-state index in [1.807, 2.05) is 0 Å². The van der Waals surface area contributed by atoms with Gasteiger partial charge in [0.2, 0.25) is 0 Å². The largest absolute Gasteiger partial charge is 0.462 e. The molecule has 0 bridgehead atoms. The topological polar surface area (TPSA) is 78.9 Å². The molecule has 0 aromatic rings. The van der Waals surface area contributed by atoms with Crippen LogP contribution in [0, 0.1) is 0 Å². The molecular formula is C72H128O6. The van der Waals surface area contributed by atoms with Crippen molar-refractivity contribution < 1.29 is 28.6 Å². The molecule has 452 valence electrons. The lowest BCUT2D eigenvalue weighted by molar-refractivity contribution is -0.167. The first-order valence-electron chi connectivity index (χ1n) is 33.9. The first-order valence-corrected chi connectivity index (χ1v) is 33.9. The maximum absolute atomic E-state index is 12.9. The van der Waals surface area contributed by atoms with E-state index in [4.69, 9.17) is 14.2 Å². The van der Waals surface area contributed by atoms with Gasteiger partial charge in [0.25, 0.3) is 0 Å². The molecule has 0 rings (SSSR count). The molecule has 1 unspecified atom stereocenters. The number of hydrogen-bond donors (Lipinski definition) is 0. The summed E-state index contributed by atoms with van der Waals surface area (Å²) in [5.41, 5.74) is 0. The maximum atomic E-state index is 12.9. The van der Waals surface area contributed by atoms with E-state index < -0.39 is 6.10 Å². The molecule has 0 N–H and O–H groups in total. The number of hydrogen-bond acceptors (Lipinski definition) is 6. The Morgan fingerprint density at radius 1 is 0.269 bits per heavy atom. The van der Waals surface area contributed by atoms with E-state index in [1.54, 1.807) is 0 Å². The van der Waals surface area contributed by atoms with Gasteiger partial charge < -0.3 is 14.2 Å². The summed E-state index contributed by atoms with van der Waals surface area (Å²) >= 11 is 0. The monoisotopic (exact) mass is 1090 g/mol. The van der Waals surface area contributed by atoms with Crippen molar-refractivity contribution in [2.24, 2.45) is 0 Å². The molecule has 1 atom stereocenters. The summed E-state index contributed by atoms with van der Waals surface area (Å²) in [6.45, 7) is 6.56. The minimum Gasteiger partial charge on any atom is -0.462 e. The van der Waals surface area contributed by atoms with Crippen LogP contribution >= 0.6 is 0 Å². The molecule has 0 saturated heterocycles. The fraction of sp³-hybridized carbons (Fsp3) is 0.792. The summed E-state index contributed by atoms with van der Waals surface area (Å²) < 4.78 is 16.9. The number of allylic oxidation sites excluding steroid dienone is 12. The van der Waals surface area contributed by atoms with Gasteiger partial charge in [-0.1, -0.05) is 312 Å². The average molecular weight is 1090 g/mol. The molecule has 0 aromatic carbocycles. The lowest BCUT2D eigenvalue weighted by Gasteiger charge is -2.18. The molecule has 6 heteroatoms. The van der Waals surface area contributed by atoms with Crippen molar-refractivity contribution in [3.05, 3.63) is 72.9 Å². The van der Waals surface area contributed by atoms with E-state index in [9.17, 15) is 14.4 Å². The minimum absolute atomic E-state index is 0.0731. The van der Waals surface area contributed by atoms with Crippen LogP contribution in [0.3, 0.4) is 0 Å². The van der Waals surface area contributed by atoms with Crippen LogP contribution in [0.1, 0.15) is 348 Å². The zero-order valence-electron chi connectivity index (χ0n) is 51.9. The zero-order valence-corrected chi connectivity index (χ0v) is 51.9. The first-order chi connectivity index (χ1) is 38.5. The van der Waals surface area contributed by atoms with Crippen LogP contribution in [0.15, 0.2) is 72.9 Å². The van der Waals surface area contributed by atoms with E-state index in [1.165, 1.54) is 212 Å². The molecule has 0 aromatic heterocycles. The van der Waals surface area contributed by atoms with Crippen molar-refractivity contribution in [2.75, 3.05) is 13.2 Å². The van der Waals surface area contributed by atoms with Crippen LogP contribution in [-0.2, 0) is 28.6 Å². The van der Waals surface area contributed by atoms with Crippen LogP contribution < -0.4 is 0 Å². The van der Waals surface area contributed by atoms with Gasteiger partial charge >= 0.3 is 17.9 Å². The highest BCUT2D eigenvalue weighted by Gasteiger charge is 2.19. The van der Waals surface area contributed by atoms with Gasteiger partial charge in [-0.05, 0) is 89.9 Å². The fourth-order valence-electron chi connectivity index (χ4n) is 9.88. The Balaban J connectivity index is 4.19. The van der Waals surface area contributed by atoms with Gasteiger partial charge in [0, 0.05) is 19.3 Å². The second-order valence-corrected chi connectivity index (χ2v) is 22.7. The number of carbonyl (C=O) groups excluding carboxylic acids is 3. The van der Waals surface area contributed by atoms with Gasteiger partial charge in [0.1, 0.15) is 13.2 Å². The summed E-state index contributed by atoms with van der Waals surface area (Å²) in [5, 5.41) is 0. The average Bonchev–Trinajstić information content (AvgIpc) is 3.44. The molecule has 6 nitrogen and oxygen atoms in total. The summed E-state index contributed by atoms with van der Waals surface area (Å²) in [6, 6.07) is 0. The Morgan fingerprint density at radius 2 is 0.500 bits per heavy atom. The molecule has 78 heavy (non-hydrogen) atoms. The third-order valence-electron chi connectivity index (χ3n) is 14.9. The Kier molecular flexibility index (Phi) is 63.7. The summed E-state index contributed by atoms with van der Waals surface area (Å²) in [4.78, 5) is 38.3. The molecule has 0 spiro atoms. The van der Waals surface area contributed by atoms with Crippen molar-refractivity contribution in [1.82, 2.24) is 0 Å². The van der Waals surface area contributed by atoms with Crippen molar-refractivity contribution in [2.45, 2.75) is 354 Å². The molecule has 0 radical (unpaired) electrons. The molecule has 0 aliphatic heterocycles. The van der Waals surface area contributed by atoms with Crippen molar-refractivity contribution in [3.63, 3.8) is 0 Å². The van der Waals surface area contributed by atoms with Gasteiger partial charge in [-0.2, -0.15) is 0 Å². The van der Waals surface area contributed by atoms with E-state index in [-0.39, 0.29) is 31.1 Å². The number of rotatable bonds is 62. The number of ether oxygens (including phenoxy) is 3. The summed E-state index contributed by atoms with van der Waals surface area (Å²) in [6.07, 6.45) is 86.4. The Morgan fingerprint density at radius 3 is 0.795 bits per heavy atom. The lowest BCUT2D eigenvalue weighted by atomic mass is 10.0. The first kappa shape index (κ1) is 74.8. The van der Waals surface area contributed by atoms with Gasteiger partial charge in [-0.3, -0.25) is 14.4 Å². The van der Waals surface area contributed by atoms with E-state index >= 15 is 0 Å². The lowest BCUT2D eigenvalue weighted by Crippen LogP contribution is -2.30. The summed E-state index contributed by atoms with van der Waals surface area (Å²) in [7, 11) is 0. The third kappa shape index (κ3) is 63.7. The van der Waals surface area contributed by atoms with E-state index in [0.29, 0.717) is 19.3 Å². The predicted molar refractivity (Wildman–Crippen MR) is 339 cm³/mol. The molecule has 0 fully saturated rings. The van der Waals surface area contributed by atoms with Gasteiger partial charge in [-0.15, -0.1) is 0 Å². The SMILES string of the molecule is CC/C=C\C/C=C\C/C=C\C/C=C\C/C=C\CCCCCCCCCCCCCCCCCC(=O)OCC(COC(=O)CCCCCCCCCCCCCCCC)OC(=O)CCCCCCC/C=C\CCCCCCCC. The van der Waals surface area contributed by atoms with Crippen LogP contribution in [0.5, 0.6) is 0 Å². The van der Waals surface area contributed by atoms with Crippen LogP contribution in [0.2, 0.25) is 0 Å². The van der Waals surface area contributed by atoms with Gasteiger partial charge in [-0.25, -0.2) is 0 Å². The van der Waals surface area contributed by atoms with E-state index in [2.05, 4.69) is 93.7 Å². The third-order valence-corrected chi connectivity index (χ3v) is 14.9. The normalized spacial score (nSPS) is 12.5. The number of esters is 3. The number of unbranched alkanes of at least 4 members (excludes halogenated alkanes) is 39. The fourth-order valence-corrected chi connectivity index (χ4v) is 9.88. The Labute approximate surface area is 484 Å². The predicted octanol–water partition coefficient (Wildman–Crippen LogP) is 23.3. The molecule has 0 aliphatic carbocycles. The second kappa shape index (κ2) is 66.4. The Bertz CT molecular complexity index is 1440. The molecule has 0 aliphatic rings. The highest BCUT2D eigenvalue weighted by atomic mass is 16.6. The number of carbonyl (C=O) groups is 3. The molecular weight excluding hydrogens is 961 g/mol. The van der Waals surface area contributed by atoms with Gasteiger partial charge in [0.15, 0.2) is 6.10 Å². The quantitative estimate of drug-likeness (QED) is 0.0261.